The molecular weight excluding hydrogens is 192 g/mol. The zero-order chi connectivity index (χ0) is 11.4. The Labute approximate surface area is 90.7 Å². The van der Waals surface area contributed by atoms with Gasteiger partial charge in [-0.1, -0.05) is 6.92 Å². The molecule has 0 aromatic carbocycles. The highest BCUT2D eigenvalue weighted by Gasteiger charge is 2.10. The Morgan fingerprint density at radius 1 is 1.47 bits per heavy atom. The minimum Gasteiger partial charge on any atom is -0.392 e. The summed E-state index contributed by atoms with van der Waals surface area (Å²) in [6, 6.07) is 0. The van der Waals surface area contributed by atoms with Crippen LogP contribution in [0.4, 0.5) is 0 Å². The lowest BCUT2D eigenvalue weighted by molar-refractivity contribution is 0.118. The van der Waals surface area contributed by atoms with Gasteiger partial charge in [-0.3, -0.25) is 4.90 Å². The van der Waals surface area contributed by atoms with Gasteiger partial charge < -0.3 is 9.67 Å². The molecule has 0 aliphatic rings. The molecule has 1 rings (SSSR count). The Morgan fingerprint density at radius 3 is 2.60 bits per heavy atom. The van der Waals surface area contributed by atoms with E-state index in [-0.39, 0.29) is 6.10 Å². The van der Waals surface area contributed by atoms with Crippen molar-refractivity contribution in [2.24, 2.45) is 7.05 Å². The van der Waals surface area contributed by atoms with Crippen molar-refractivity contribution in [1.29, 1.82) is 0 Å². The summed E-state index contributed by atoms with van der Waals surface area (Å²) in [4.78, 5) is 2.05. The summed E-state index contributed by atoms with van der Waals surface area (Å²) in [6.45, 7) is 5.29. The summed E-state index contributed by atoms with van der Waals surface area (Å²) in [5.41, 5.74) is 0. The molecule has 1 aromatic heterocycles. The summed E-state index contributed by atoms with van der Waals surface area (Å²) in [6.07, 6.45) is 0.520. The number of likely N-dealkylation sites (N-methyl/N-ethyl adjacent to an activating group) is 1. The summed E-state index contributed by atoms with van der Waals surface area (Å²) in [5.74, 6) is 1.84. The molecular formula is C10H20N4O. The van der Waals surface area contributed by atoms with E-state index >= 15 is 0 Å². The van der Waals surface area contributed by atoms with Gasteiger partial charge in [-0.05, 0) is 20.4 Å². The van der Waals surface area contributed by atoms with Crippen LogP contribution in [0.3, 0.4) is 0 Å². The molecule has 0 saturated heterocycles. The number of aliphatic hydroxyl groups is 1. The third-order valence-electron chi connectivity index (χ3n) is 2.59. The normalized spacial score (nSPS) is 13.5. The Hall–Kier alpha value is -0.940. The van der Waals surface area contributed by atoms with Gasteiger partial charge in [0.1, 0.15) is 11.6 Å². The topological polar surface area (TPSA) is 54.2 Å². The summed E-state index contributed by atoms with van der Waals surface area (Å²) < 4.78 is 1.97. The predicted molar refractivity (Wildman–Crippen MR) is 58.4 cm³/mol. The lowest BCUT2D eigenvalue weighted by Crippen LogP contribution is -2.29. The molecule has 5 nitrogen and oxygen atoms in total. The molecule has 1 heterocycles. The molecule has 0 amide bonds. The maximum absolute atomic E-state index is 9.50. The Kier molecular flexibility index (Phi) is 4.23. The van der Waals surface area contributed by atoms with Crippen molar-refractivity contribution in [1.82, 2.24) is 19.7 Å². The van der Waals surface area contributed by atoms with Crippen molar-refractivity contribution in [3.63, 3.8) is 0 Å². The van der Waals surface area contributed by atoms with E-state index in [1.807, 2.05) is 32.5 Å². The fourth-order valence-corrected chi connectivity index (χ4v) is 1.38. The van der Waals surface area contributed by atoms with Gasteiger partial charge in [0.15, 0.2) is 0 Å². The minimum absolute atomic E-state index is 0.260. The molecule has 86 valence electrons. The molecule has 1 atom stereocenters. The maximum atomic E-state index is 9.50. The van der Waals surface area contributed by atoms with E-state index in [4.69, 9.17) is 0 Å². The predicted octanol–water partition coefficient (Wildman–Crippen LogP) is 0.326. The van der Waals surface area contributed by atoms with Crippen LogP contribution in [-0.4, -0.2) is 44.5 Å². The van der Waals surface area contributed by atoms with Gasteiger partial charge >= 0.3 is 0 Å². The Balaban J connectivity index is 2.51. The molecule has 0 saturated carbocycles. The van der Waals surface area contributed by atoms with Crippen molar-refractivity contribution in [3.05, 3.63) is 11.6 Å². The second-order valence-electron chi connectivity index (χ2n) is 3.98. The minimum atomic E-state index is -0.260. The summed E-state index contributed by atoms with van der Waals surface area (Å²) in [5, 5.41) is 17.6. The fraction of sp³-hybridized carbons (Fsp3) is 0.800. The molecule has 0 fully saturated rings. The molecule has 0 bridgehead atoms. The molecule has 0 aliphatic heterocycles. The van der Waals surface area contributed by atoms with Gasteiger partial charge in [-0.15, -0.1) is 10.2 Å². The van der Waals surface area contributed by atoms with Crippen molar-refractivity contribution >= 4 is 0 Å². The highest BCUT2D eigenvalue weighted by Crippen LogP contribution is 2.02. The first-order valence-electron chi connectivity index (χ1n) is 5.26. The third kappa shape index (κ3) is 3.28. The van der Waals surface area contributed by atoms with Crippen molar-refractivity contribution in [3.8, 4) is 0 Å². The van der Waals surface area contributed by atoms with Gasteiger partial charge in [0.25, 0.3) is 0 Å². The van der Waals surface area contributed by atoms with E-state index in [0.29, 0.717) is 13.1 Å². The van der Waals surface area contributed by atoms with Crippen LogP contribution >= 0.6 is 0 Å². The molecule has 5 heteroatoms. The van der Waals surface area contributed by atoms with Gasteiger partial charge in [-0.2, -0.15) is 0 Å². The van der Waals surface area contributed by atoms with E-state index in [2.05, 4.69) is 15.1 Å². The number of aromatic nitrogens is 3. The smallest absolute Gasteiger partial charge is 0.146 e. The van der Waals surface area contributed by atoms with Crippen LogP contribution in [0.1, 0.15) is 25.0 Å². The molecule has 0 radical (unpaired) electrons. The first-order valence-corrected chi connectivity index (χ1v) is 5.26. The largest absolute Gasteiger partial charge is 0.392 e. The SMILES string of the molecule is CC[C@@H](O)CN(C)Cc1nnc(C)n1C. The number of hydrogen-bond donors (Lipinski definition) is 1. The number of nitrogens with zero attached hydrogens (tertiary/aromatic N) is 4. The average molecular weight is 212 g/mol. The molecule has 1 N–H and O–H groups in total. The second kappa shape index (κ2) is 5.23. The van der Waals surface area contributed by atoms with Crippen molar-refractivity contribution in [2.45, 2.75) is 32.9 Å². The van der Waals surface area contributed by atoms with E-state index in [1.165, 1.54) is 0 Å². The average Bonchev–Trinajstić information content (AvgIpc) is 2.49. The zero-order valence-corrected chi connectivity index (χ0v) is 9.93. The molecule has 0 unspecified atom stereocenters. The Morgan fingerprint density at radius 2 is 2.13 bits per heavy atom. The van der Waals surface area contributed by atoms with Gasteiger partial charge in [-0.25, -0.2) is 0 Å². The highest BCUT2D eigenvalue weighted by molar-refractivity contribution is 4.92. The van der Waals surface area contributed by atoms with Crippen LogP contribution in [0.5, 0.6) is 0 Å². The van der Waals surface area contributed by atoms with Gasteiger partial charge in [0.2, 0.25) is 0 Å². The highest BCUT2D eigenvalue weighted by atomic mass is 16.3. The van der Waals surface area contributed by atoms with Crippen LogP contribution in [0.15, 0.2) is 0 Å². The van der Waals surface area contributed by atoms with E-state index in [9.17, 15) is 5.11 Å². The van der Waals surface area contributed by atoms with E-state index in [0.717, 1.165) is 18.1 Å². The molecule has 15 heavy (non-hydrogen) atoms. The first-order chi connectivity index (χ1) is 7.04. The molecule has 0 spiro atoms. The molecule has 1 aromatic rings. The van der Waals surface area contributed by atoms with Gasteiger partial charge in [0.05, 0.1) is 12.6 Å². The quantitative estimate of drug-likeness (QED) is 0.764. The van der Waals surface area contributed by atoms with Gasteiger partial charge in [0, 0.05) is 13.6 Å². The van der Waals surface area contributed by atoms with Crippen LogP contribution < -0.4 is 0 Å². The van der Waals surface area contributed by atoms with Crippen LogP contribution in [0.2, 0.25) is 0 Å². The number of aryl methyl sites for hydroxylation is 1. The number of hydrogen-bond acceptors (Lipinski definition) is 4. The fourth-order valence-electron chi connectivity index (χ4n) is 1.38. The second-order valence-corrected chi connectivity index (χ2v) is 3.98. The van der Waals surface area contributed by atoms with Crippen LogP contribution in [0, 0.1) is 6.92 Å². The monoisotopic (exact) mass is 212 g/mol. The van der Waals surface area contributed by atoms with E-state index in [1.54, 1.807) is 0 Å². The zero-order valence-electron chi connectivity index (χ0n) is 9.93. The van der Waals surface area contributed by atoms with Crippen LogP contribution in [0.25, 0.3) is 0 Å². The van der Waals surface area contributed by atoms with Crippen LogP contribution in [-0.2, 0) is 13.6 Å². The number of rotatable bonds is 5. The molecule has 0 aliphatic carbocycles. The first kappa shape index (κ1) is 12.1. The standard InChI is InChI=1S/C10H20N4O/c1-5-9(15)6-13(3)7-10-12-11-8(2)14(10)4/h9,15H,5-7H2,1-4H3/t9-/m1/s1. The van der Waals surface area contributed by atoms with E-state index < -0.39 is 0 Å². The lowest BCUT2D eigenvalue weighted by Gasteiger charge is -2.18. The third-order valence-corrected chi connectivity index (χ3v) is 2.59. The number of aliphatic hydroxyl groups excluding tert-OH is 1. The maximum Gasteiger partial charge on any atom is 0.146 e. The summed E-state index contributed by atoms with van der Waals surface area (Å²) >= 11 is 0. The summed E-state index contributed by atoms with van der Waals surface area (Å²) in [7, 11) is 3.93. The van der Waals surface area contributed by atoms with Crippen molar-refractivity contribution in [2.75, 3.05) is 13.6 Å². The Bertz CT molecular complexity index is 310. The van der Waals surface area contributed by atoms with Crippen molar-refractivity contribution < 1.29 is 5.11 Å². The lowest BCUT2D eigenvalue weighted by atomic mass is 10.2.